The van der Waals surface area contributed by atoms with Crippen LogP contribution in [-0.4, -0.2) is 54.0 Å². The van der Waals surface area contributed by atoms with E-state index in [1.165, 1.54) is 5.56 Å². The number of hydrogen-bond acceptors (Lipinski definition) is 6. The number of aliphatic carboxylic acids is 1. The minimum atomic E-state index is -1.53. The van der Waals surface area contributed by atoms with Crippen molar-refractivity contribution in [2.24, 2.45) is 0 Å². The number of nitrogens with one attached hydrogen (secondary N) is 1. The van der Waals surface area contributed by atoms with Crippen molar-refractivity contribution in [2.75, 3.05) is 24.6 Å². The van der Waals surface area contributed by atoms with E-state index in [0.29, 0.717) is 26.0 Å². The van der Waals surface area contributed by atoms with Gasteiger partial charge in [-0.1, -0.05) is 42.5 Å². The van der Waals surface area contributed by atoms with Gasteiger partial charge in [0.15, 0.2) is 6.10 Å². The summed E-state index contributed by atoms with van der Waals surface area (Å²) in [5, 5.41) is 20.5. The van der Waals surface area contributed by atoms with Gasteiger partial charge in [0, 0.05) is 31.6 Å². The van der Waals surface area contributed by atoms with Gasteiger partial charge in [0.05, 0.1) is 6.61 Å². The summed E-state index contributed by atoms with van der Waals surface area (Å²) in [5.41, 5.74) is 7.15. The molecule has 3 N–H and O–H groups in total. The van der Waals surface area contributed by atoms with E-state index in [-0.39, 0.29) is 25.5 Å². The topological polar surface area (TPSA) is 125 Å². The maximum atomic E-state index is 13.3. The number of rotatable bonds is 12. The molecule has 9 heteroatoms. The molecule has 0 unspecified atom stereocenters. The lowest BCUT2D eigenvalue weighted by molar-refractivity contribution is -0.146. The summed E-state index contributed by atoms with van der Waals surface area (Å²) in [6.07, 6.45) is 0.423. The van der Waals surface area contributed by atoms with Gasteiger partial charge in [-0.3, -0.25) is 4.79 Å². The van der Waals surface area contributed by atoms with Crippen molar-refractivity contribution < 1.29 is 34.1 Å². The van der Waals surface area contributed by atoms with Crippen LogP contribution in [0.5, 0.6) is 5.75 Å². The van der Waals surface area contributed by atoms with Crippen LogP contribution < -0.4 is 15.0 Å². The molecule has 9 nitrogen and oxygen atoms in total. The number of aryl methyl sites for hydroxylation is 1. The van der Waals surface area contributed by atoms with Crippen LogP contribution in [-0.2, 0) is 27.4 Å². The number of nitrogens with zero attached hydrogens (tertiary/aromatic N) is 1. The van der Waals surface area contributed by atoms with Gasteiger partial charge in [0.2, 0.25) is 5.91 Å². The number of ether oxygens (including phenoxy) is 2. The Balaban J connectivity index is 1.35. The van der Waals surface area contributed by atoms with E-state index in [2.05, 4.69) is 18.3 Å². The van der Waals surface area contributed by atoms with Crippen LogP contribution in [0.3, 0.4) is 0 Å². The molecule has 1 aliphatic heterocycles. The van der Waals surface area contributed by atoms with Gasteiger partial charge in [-0.05, 0) is 84.7 Å². The predicted molar refractivity (Wildman–Crippen MR) is 160 cm³/mol. The maximum absolute atomic E-state index is 13.3. The van der Waals surface area contributed by atoms with E-state index in [1.54, 1.807) is 0 Å². The highest BCUT2D eigenvalue weighted by Crippen LogP contribution is 2.36. The van der Waals surface area contributed by atoms with Gasteiger partial charge in [0.25, 0.3) is 0 Å². The molecular weight excluding hydrogens is 536 g/mol. The Hall–Kier alpha value is -4.37. The fourth-order valence-corrected chi connectivity index (χ4v) is 5.04. The van der Waals surface area contributed by atoms with E-state index in [9.17, 15) is 19.5 Å². The molecule has 0 fully saturated rings. The fourth-order valence-electron chi connectivity index (χ4n) is 5.04. The molecule has 0 saturated heterocycles. The first-order chi connectivity index (χ1) is 20.2. The molecule has 42 heavy (non-hydrogen) atoms. The standard InChI is InChI=1S/C33H38N2O7/c1-22-8-3-14-30(23(22)2)41-19-7-15-31(37)35-18-6-12-27-26(11-5-13-28(27)35)25-10-4-9-24(20-25)21-42-33(40)34-17-16-29(36)32(38)39/h3-5,8-11,13-14,20,29,36H,6-7,12,15-19,21H2,1-2H3,(H,34,40)(H,38,39)/t29-/m0/s1. The number of anilines is 1. The average molecular weight is 575 g/mol. The maximum Gasteiger partial charge on any atom is 0.407 e. The molecular formula is C33H38N2O7. The Morgan fingerprint density at radius 3 is 2.64 bits per heavy atom. The molecule has 3 aromatic carbocycles. The summed E-state index contributed by atoms with van der Waals surface area (Å²) >= 11 is 0. The Labute approximate surface area is 246 Å². The van der Waals surface area contributed by atoms with Crippen LogP contribution in [0.1, 0.15) is 47.9 Å². The molecule has 0 saturated carbocycles. The summed E-state index contributed by atoms with van der Waals surface area (Å²) in [4.78, 5) is 37.8. The summed E-state index contributed by atoms with van der Waals surface area (Å²) in [6.45, 7) is 5.27. The molecule has 1 aliphatic rings. The SMILES string of the molecule is Cc1cccc(OCCCC(=O)N2CCCc3c(-c4cccc(COC(=O)NCC[C@H](O)C(=O)O)c4)cccc32)c1C. The summed E-state index contributed by atoms with van der Waals surface area (Å²) in [6, 6.07) is 19.7. The van der Waals surface area contributed by atoms with E-state index in [1.807, 2.05) is 66.4 Å². The molecule has 1 atom stereocenters. The molecule has 0 aromatic heterocycles. The predicted octanol–water partition coefficient (Wildman–Crippen LogP) is 5.17. The molecule has 0 aliphatic carbocycles. The minimum absolute atomic E-state index is 0.0167. The van der Waals surface area contributed by atoms with Crippen molar-refractivity contribution in [3.63, 3.8) is 0 Å². The van der Waals surface area contributed by atoms with E-state index in [4.69, 9.17) is 14.6 Å². The van der Waals surface area contributed by atoms with Gasteiger partial charge in [-0.25, -0.2) is 9.59 Å². The highest BCUT2D eigenvalue weighted by molar-refractivity contribution is 5.96. The lowest BCUT2D eigenvalue weighted by Gasteiger charge is -2.31. The van der Waals surface area contributed by atoms with Crippen LogP contribution in [0.2, 0.25) is 0 Å². The highest BCUT2D eigenvalue weighted by atomic mass is 16.5. The van der Waals surface area contributed by atoms with Crippen LogP contribution in [0, 0.1) is 13.8 Å². The molecule has 0 radical (unpaired) electrons. The normalized spacial score (nSPS) is 13.2. The Morgan fingerprint density at radius 2 is 1.83 bits per heavy atom. The highest BCUT2D eigenvalue weighted by Gasteiger charge is 2.24. The molecule has 2 amide bonds. The van der Waals surface area contributed by atoms with Gasteiger partial charge in [-0.15, -0.1) is 0 Å². The van der Waals surface area contributed by atoms with Gasteiger partial charge < -0.3 is 29.9 Å². The summed E-state index contributed by atoms with van der Waals surface area (Å²) in [5.74, 6) is -0.392. The Bertz CT molecular complexity index is 1420. The average Bonchev–Trinajstić information content (AvgIpc) is 2.99. The van der Waals surface area contributed by atoms with E-state index < -0.39 is 18.2 Å². The van der Waals surface area contributed by atoms with Crippen molar-refractivity contribution in [3.8, 4) is 16.9 Å². The number of carboxylic acids is 1. The van der Waals surface area contributed by atoms with Crippen molar-refractivity contribution in [3.05, 3.63) is 82.9 Å². The van der Waals surface area contributed by atoms with Crippen molar-refractivity contribution >= 4 is 23.7 Å². The monoisotopic (exact) mass is 574 g/mol. The third-order valence-electron chi connectivity index (χ3n) is 7.48. The number of aliphatic hydroxyl groups is 1. The van der Waals surface area contributed by atoms with Gasteiger partial charge >= 0.3 is 12.1 Å². The summed E-state index contributed by atoms with van der Waals surface area (Å²) < 4.78 is 11.2. The first-order valence-corrected chi connectivity index (χ1v) is 14.3. The molecule has 1 heterocycles. The van der Waals surface area contributed by atoms with Crippen molar-refractivity contribution in [2.45, 2.75) is 58.7 Å². The minimum Gasteiger partial charge on any atom is -0.493 e. The number of hydrogen-bond donors (Lipinski definition) is 3. The molecule has 4 rings (SSSR count). The van der Waals surface area contributed by atoms with Crippen molar-refractivity contribution in [1.29, 1.82) is 0 Å². The number of carbonyl (C=O) groups is 3. The molecule has 0 bridgehead atoms. The van der Waals surface area contributed by atoms with Crippen LogP contribution >= 0.6 is 0 Å². The quantitative estimate of drug-likeness (QED) is 0.255. The summed E-state index contributed by atoms with van der Waals surface area (Å²) in [7, 11) is 0. The smallest absolute Gasteiger partial charge is 0.407 e. The van der Waals surface area contributed by atoms with Crippen LogP contribution in [0.25, 0.3) is 11.1 Å². The molecule has 222 valence electrons. The second-order valence-corrected chi connectivity index (χ2v) is 10.4. The number of aliphatic hydroxyl groups excluding tert-OH is 1. The second kappa shape index (κ2) is 14.5. The number of amides is 2. The largest absolute Gasteiger partial charge is 0.493 e. The van der Waals surface area contributed by atoms with Crippen LogP contribution in [0.4, 0.5) is 10.5 Å². The molecule has 3 aromatic rings. The first-order valence-electron chi connectivity index (χ1n) is 14.3. The Morgan fingerprint density at radius 1 is 1.05 bits per heavy atom. The Kier molecular flexibility index (Phi) is 10.6. The third kappa shape index (κ3) is 7.88. The number of fused-ring (bicyclic) bond motifs is 1. The first kappa shape index (κ1) is 30.6. The zero-order valence-electron chi connectivity index (χ0n) is 24.1. The van der Waals surface area contributed by atoms with E-state index in [0.717, 1.165) is 52.1 Å². The van der Waals surface area contributed by atoms with Gasteiger partial charge in [-0.2, -0.15) is 0 Å². The number of carboxylic acid groups (broad SMARTS) is 1. The van der Waals surface area contributed by atoms with Crippen LogP contribution in [0.15, 0.2) is 60.7 Å². The fraction of sp³-hybridized carbons (Fsp3) is 0.364. The van der Waals surface area contributed by atoms with Gasteiger partial charge in [0.1, 0.15) is 12.4 Å². The second-order valence-electron chi connectivity index (χ2n) is 10.4. The lowest BCUT2D eigenvalue weighted by Crippen LogP contribution is -2.35. The number of carbonyl (C=O) groups excluding carboxylic acids is 2. The lowest BCUT2D eigenvalue weighted by atomic mass is 9.91. The van der Waals surface area contributed by atoms with E-state index >= 15 is 0 Å². The zero-order chi connectivity index (χ0) is 30.1. The number of benzene rings is 3. The number of alkyl carbamates (subject to hydrolysis) is 1. The third-order valence-corrected chi connectivity index (χ3v) is 7.48. The zero-order valence-corrected chi connectivity index (χ0v) is 24.1. The van der Waals surface area contributed by atoms with Crippen molar-refractivity contribution in [1.82, 2.24) is 5.32 Å². The molecule has 0 spiro atoms.